The zero-order valence-corrected chi connectivity index (χ0v) is 7.75. The molecule has 1 heterocycles. The fourth-order valence-electron chi connectivity index (χ4n) is 1.53. The van der Waals surface area contributed by atoms with Gasteiger partial charge in [0.2, 0.25) is 0 Å². The second kappa shape index (κ2) is 5.06. The second-order valence-corrected chi connectivity index (χ2v) is 4.42. The van der Waals surface area contributed by atoms with Gasteiger partial charge in [-0.05, 0) is 30.3 Å². The summed E-state index contributed by atoms with van der Waals surface area (Å²) < 4.78 is 0. The summed E-state index contributed by atoms with van der Waals surface area (Å²) in [4.78, 5) is 0. The van der Waals surface area contributed by atoms with Crippen LogP contribution in [-0.2, 0) is 0 Å². The minimum atomic E-state index is 1.08. The van der Waals surface area contributed by atoms with E-state index < -0.39 is 0 Å². The third kappa shape index (κ3) is 2.96. The highest BCUT2D eigenvalue weighted by molar-refractivity contribution is 7.99. The van der Waals surface area contributed by atoms with Crippen molar-refractivity contribution in [3.63, 3.8) is 0 Å². The molecule has 0 saturated carbocycles. The van der Waals surface area contributed by atoms with Gasteiger partial charge in [0.15, 0.2) is 0 Å². The lowest BCUT2D eigenvalue weighted by atomic mass is 9.96. The molecule has 1 rings (SSSR count). The number of hydrogen-bond acceptors (Lipinski definition) is 1. The van der Waals surface area contributed by atoms with Crippen molar-refractivity contribution in [1.82, 2.24) is 0 Å². The zero-order chi connectivity index (χ0) is 7.23. The average Bonchev–Trinajstić information content (AvgIpc) is 2.03. The zero-order valence-electron chi connectivity index (χ0n) is 6.94. The number of unbranched alkanes of at least 4 members (excludes halogenated alkanes) is 1. The Bertz CT molecular complexity index is 74.8. The lowest BCUT2D eigenvalue weighted by Gasteiger charge is -2.20. The van der Waals surface area contributed by atoms with Crippen LogP contribution < -0.4 is 0 Å². The molecule has 0 aliphatic carbocycles. The third-order valence-electron chi connectivity index (χ3n) is 2.31. The van der Waals surface area contributed by atoms with Crippen LogP contribution in [-0.4, -0.2) is 11.5 Å². The van der Waals surface area contributed by atoms with E-state index >= 15 is 0 Å². The monoisotopic (exact) mass is 158 g/mol. The first kappa shape index (κ1) is 8.45. The lowest BCUT2D eigenvalue weighted by Crippen LogP contribution is -2.08. The molecule has 1 aliphatic rings. The molecule has 60 valence electrons. The molecule has 0 unspecified atom stereocenters. The molecule has 0 N–H and O–H groups in total. The smallest absolute Gasteiger partial charge is 0.00649 e. The molecule has 0 spiro atoms. The van der Waals surface area contributed by atoms with Crippen molar-refractivity contribution in [2.24, 2.45) is 5.92 Å². The minimum absolute atomic E-state index is 1.08. The van der Waals surface area contributed by atoms with Crippen LogP contribution in [0.25, 0.3) is 0 Å². The highest BCUT2D eigenvalue weighted by Gasteiger charge is 2.11. The van der Waals surface area contributed by atoms with Gasteiger partial charge < -0.3 is 0 Å². The first-order valence-electron chi connectivity index (χ1n) is 4.51. The van der Waals surface area contributed by atoms with E-state index in [9.17, 15) is 0 Å². The molecule has 0 bridgehead atoms. The molecule has 0 radical (unpaired) electrons. The Hall–Kier alpha value is 0.350. The van der Waals surface area contributed by atoms with Gasteiger partial charge in [0.1, 0.15) is 0 Å². The second-order valence-electron chi connectivity index (χ2n) is 3.20. The van der Waals surface area contributed by atoms with E-state index in [1.807, 2.05) is 0 Å². The van der Waals surface area contributed by atoms with E-state index in [1.165, 1.54) is 43.6 Å². The molecule has 10 heavy (non-hydrogen) atoms. The van der Waals surface area contributed by atoms with E-state index in [-0.39, 0.29) is 0 Å². The molecule has 0 atom stereocenters. The molecule has 1 heteroatoms. The van der Waals surface area contributed by atoms with Gasteiger partial charge in [0.05, 0.1) is 0 Å². The van der Waals surface area contributed by atoms with E-state index in [2.05, 4.69) is 18.7 Å². The number of thioether (sulfide) groups is 1. The van der Waals surface area contributed by atoms with Gasteiger partial charge >= 0.3 is 0 Å². The molecule has 1 saturated heterocycles. The minimum Gasteiger partial charge on any atom is -0.162 e. The summed E-state index contributed by atoms with van der Waals surface area (Å²) in [6, 6.07) is 0. The van der Waals surface area contributed by atoms with Gasteiger partial charge in [0, 0.05) is 0 Å². The molecule has 0 aromatic rings. The summed E-state index contributed by atoms with van der Waals surface area (Å²) >= 11 is 2.13. The van der Waals surface area contributed by atoms with Crippen LogP contribution in [0, 0.1) is 5.92 Å². The summed E-state index contributed by atoms with van der Waals surface area (Å²) in [7, 11) is 0. The Kier molecular flexibility index (Phi) is 4.27. The normalized spacial score (nSPS) is 21.3. The van der Waals surface area contributed by atoms with Crippen LogP contribution in [0.4, 0.5) is 0 Å². The van der Waals surface area contributed by atoms with E-state index in [0.29, 0.717) is 0 Å². The van der Waals surface area contributed by atoms with Crippen LogP contribution in [0.5, 0.6) is 0 Å². The van der Waals surface area contributed by atoms with Crippen molar-refractivity contribution in [1.29, 1.82) is 0 Å². The first-order chi connectivity index (χ1) is 4.93. The predicted octanol–water partition coefficient (Wildman–Crippen LogP) is 3.32. The fraction of sp³-hybridized carbons (Fsp3) is 1.00. The summed E-state index contributed by atoms with van der Waals surface area (Å²) in [5.41, 5.74) is 0. The molecule has 1 aliphatic heterocycles. The van der Waals surface area contributed by atoms with Crippen LogP contribution in [0.15, 0.2) is 0 Å². The van der Waals surface area contributed by atoms with E-state index in [0.717, 1.165) is 5.92 Å². The molecule has 0 nitrogen and oxygen atoms in total. The number of rotatable bonds is 3. The molecular weight excluding hydrogens is 140 g/mol. The van der Waals surface area contributed by atoms with Crippen molar-refractivity contribution in [3.8, 4) is 0 Å². The maximum atomic E-state index is 2.29. The van der Waals surface area contributed by atoms with Crippen molar-refractivity contribution < 1.29 is 0 Å². The van der Waals surface area contributed by atoms with E-state index in [4.69, 9.17) is 0 Å². The molecule has 0 amide bonds. The highest BCUT2D eigenvalue weighted by atomic mass is 32.2. The van der Waals surface area contributed by atoms with Gasteiger partial charge in [-0.1, -0.05) is 26.2 Å². The van der Waals surface area contributed by atoms with Crippen molar-refractivity contribution >= 4 is 11.8 Å². The molecular formula is C9H18S. The highest BCUT2D eigenvalue weighted by Crippen LogP contribution is 2.26. The average molecular weight is 158 g/mol. The summed E-state index contributed by atoms with van der Waals surface area (Å²) in [5.74, 6) is 3.93. The third-order valence-corrected chi connectivity index (χ3v) is 3.36. The van der Waals surface area contributed by atoms with Gasteiger partial charge in [-0.25, -0.2) is 0 Å². The van der Waals surface area contributed by atoms with E-state index in [1.54, 1.807) is 0 Å². The topological polar surface area (TPSA) is 0 Å². The maximum absolute atomic E-state index is 2.29. The summed E-state index contributed by atoms with van der Waals surface area (Å²) in [6.45, 7) is 2.29. The molecule has 0 aromatic carbocycles. The van der Waals surface area contributed by atoms with Crippen molar-refractivity contribution in [2.75, 3.05) is 11.5 Å². The Morgan fingerprint density at radius 3 is 2.60 bits per heavy atom. The number of hydrogen-bond donors (Lipinski definition) is 0. The Labute approximate surface area is 68.8 Å². The molecule has 1 fully saturated rings. The van der Waals surface area contributed by atoms with Crippen molar-refractivity contribution in [2.45, 2.75) is 39.0 Å². The SMILES string of the molecule is CCCCC1CCSCC1. The van der Waals surface area contributed by atoms with Crippen LogP contribution in [0.1, 0.15) is 39.0 Å². The lowest BCUT2D eigenvalue weighted by molar-refractivity contribution is 0.437. The first-order valence-corrected chi connectivity index (χ1v) is 5.66. The molecule has 0 aromatic heterocycles. The fourth-order valence-corrected chi connectivity index (χ4v) is 2.73. The van der Waals surface area contributed by atoms with Gasteiger partial charge in [-0.15, -0.1) is 0 Å². The maximum Gasteiger partial charge on any atom is -0.00649 e. The standard InChI is InChI=1S/C9H18S/c1-2-3-4-9-5-7-10-8-6-9/h9H,2-8H2,1H3. The summed E-state index contributed by atoms with van der Waals surface area (Å²) in [5, 5.41) is 0. The Morgan fingerprint density at radius 1 is 1.30 bits per heavy atom. The van der Waals surface area contributed by atoms with Crippen molar-refractivity contribution in [3.05, 3.63) is 0 Å². The quantitative estimate of drug-likeness (QED) is 0.607. The van der Waals surface area contributed by atoms with Crippen LogP contribution >= 0.6 is 11.8 Å². The van der Waals surface area contributed by atoms with Gasteiger partial charge in [-0.3, -0.25) is 0 Å². The predicted molar refractivity (Wildman–Crippen MR) is 49.6 cm³/mol. The van der Waals surface area contributed by atoms with Crippen LogP contribution in [0.3, 0.4) is 0 Å². The summed E-state index contributed by atoms with van der Waals surface area (Å²) in [6.07, 6.45) is 7.31. The van der Waals surface area contributed by atoms with Crippen LogP contribution in [0.2, 0.25) is 0 Å². The Morgan fingerprint density at radius 2 is 2.00 bits per heavy atom. The Balaban J connectivity index is 2.02. The van der Waals surface area contributed by atoms with Gasteiger partial charge in [-0.2, -0.15) is 11.8 Å². The largest absolute Gasteiger partial charge is 0.162 e. The van der Waals surface area contributed by atoms with Gasteiger partial charge in [0.25, 0.3) is 0 Å².